The molecular weight excluding hydrogens is 258 g/mol. The average Bonchev–Trinajstić information content (AvgIpc) is 2.39. The van der Waals surface area contributed by atoms with Crippen molar-refractivity contribution in [3.63, 3.8) is 0 Å². The third-order valence-electron chi connectivity index (χ3n) is 2.97. The van der Waals surface area contributed by atoms with Crippen LogP contribution in [0.15, 0.2) is 29.2 Å². The van der Waals surface area contributed by atoms with Gasteiger partial charge < -0.3 is 15.3 Å². The molecule has 2 atom stereocenters. The number of rotatable bonds is 8. The second kappa shape index (κ2) is 8.00. The van der Waals surface area contributed by atoms with Crippen molar-refractivity contribution < 1.29 is 9.59 Å². The summed E-state index contributed by atoms with van der Waals surface area (Å²) < 4.78 is 0. The van der Waals surface area contributed by atoms with Crippen molar-refractivity contribution in [1.29, 1.82) is 0 Å². The van der Waals surface area contributed by atoms with Gasteiger partial charge in [0.05, 0.1) is 0 Å². The summed E-state index contributed by atoms with van der Waals surface area (Å²) in [4.78, 5) is 23.3. The number of thioether (sulfide) groups is 1. The second-order valence-electron chi connectivity index (χ2n) is 5.11. The van der Waals surface area contributed by atoms with Gasteiger partial charge in [-0.05, 0) is 36.6 Å². The van der Waals surface area contributed by atoms with E-state index in [0.29, 0.717) is 11.7 Å². The van der Waals surface area contributed by atoms with E-state index in [9.17, 15) is 9.59 Å². The molecule has 0 bridgehead atoms. The van der Waals surface area contributed by atoms with E-state index in [1.165, 1.54) is 0 Å². The minimum absolute atomic E-state index is 0.182. The van der Waals surface area contributed by atoms with Crippen molar-refractivity contribution >= 4 is 30.0 Å². The third kappa shape index (κ3) is 5.47. The Balaban J connectivity index is 2.58. The number of carbonyl (C=O) groups is 2. The summed E-state index contributed by atoms with van der Waals surface area (Å²) in [6.45, 7) is 4.12. The third-order valence-corrected chi connectivity index (χ3v) is 4.12. The van der Waals surface area contributed by atoms with Gasteiger partial charge in [0.15, 0.2) is 0 Å². The molecule has 0 aliphatic carbocycles. The van der Waals surface area contributed by atoms with Crippen LogP contribution in [0.2, 0.25) is 0 Å². The Morgan fingerprint density at radius 1 is 1.11 bits per heavy atom. The number of nitrogen functional groups attached to an aromatic ring is 1. The van der Waals surface area contributed by atoms with E-state index in [-0.39, 0.29) is 11.8 Å². The van der Waals surface area contributed by atoms with E-state index < -0.39 is 0 Å². The lowest BCUT2D eigenvalue weighted by Crippen LogP contribution is -2.21. The van der Waals surface area contributed by atoms with Crippen molar-refractivity contribution in [2.45, 2.75) is 25.2 Å². The van der Waals surface area contributed by atoms with Crippen LogP contribution in [-0.4, -0.2) is 18.3 Å². The molecule has 3 nitrogen and oxygen atoms in total. The molecule has 0 saturated carbocycles. The maximum Gasteiger partial charge on any atom is 0.124 e. The fourth-order valence-corrected chi connectivity index (χ4v) is 2.94. The predicted octanol–water partition coefficient (Wildman–Crippen LogP) is 3.04. The molecule has 0 heterocycles. The van der Waals surface area contributed by atoms with Crippen molar-refractivity contribution in [2.24, 2.45) is 17.8 Å². The van der Waals surface area contributed by atoms with E-state index in [1.54, 1.807) is 11.8 Å². The highest BCUT2D eigenvalue weighted by Gasteiger charge is 2.21. The Hall–Kier alpha value is -1.29. The van der Waals surface area contributed by atoms with E-state index in [2.05, 4.69) is 13.8 Å². The van der Waals surface area contributed by atoms with E-state index in [0.717, 1.165) is 29.6 Å². The molecule has 0 saturated heterocycles. The lowest BCUT2D eigenvalue weighted by Gasteiger charge is -2.19. The molecule has 1 rings (SSSR count). The molecule has 0 aliphatic heterocycles. The molecule has 0 aliphatic rings. The molecule has 0 unspecified atom stereocenters. The van der Waals surface area contributed by atoms with Crippen LogP contribution in [0.1, 0.15) is 20.3 Å². The molecule has 1 aromatic rings. The van der Waals surface area contributed by atoms with Crippen molar-refractivity contribution in [3.05, 3.63) is 24.3 Å². The van der Waals surface area contributed by atoms with Gasteiger partial charge in [0, 0.05) is 28.2 Å². The second-order valence-corrected chi connectivity index (χ2v) is 6.20. The molecule has 1 aromatic carbocycles. The molecule has 0 aromatic heterocycles. The van der Waals surface area contributed by atoms with Crippen molar-refractivity contribution in [2.75, 3.05) is 11.5 Å². The zero-order chi connectivity index (χ0) is 14.3. The maximum atomic E-state index is 11.2. The molecule has 104 valence electrons. The van der Waals surface area contributed by atoms with Gasteiger partial charge in [-0.3, -0.25) is 0 Å². The van der Waals surface area contributed by atoms with Crippen LogP contribution in [-0.2, 0) is 9.59 Å². The lowest BCUT2D eigenvalue weighted by atomic mass is 9.88. The monoisotopic (exact) mass is 279 g/mol. The van der Waals surface area contributed by atoms with Crippen LogP contribution in [0.5, 0.6) is 0 Å². The zero-order valence-corrected chi connectivity index (χ0v) is 12.2. The molecule has 2 N–H and O–H groups in total. The summed E-state index contributed by atoms with van der Waals surface area (Å²) in [6.07, 6.45) is 2.59. The molecule has 0 fully saturated rings. The van der Waals surface area contributed by atoms with E-state index in [1.807, 2.05) is 24.3 Å². The molecular formula is C15H21NO2S. The lowest BCUT2D eigenvalue weighted by molar-refractivity contribution is -0.119. The standard InChI is InChI=1S/C15H21NO2S/c1-11(2)7-12(8-17)13(9-18)10-19-15-5-3-14(16)4-6-15/h3-6,8-9,11-13H,7,10,16H2,1-2H3/t12-,13-/m0/s1. The van der Waals surface area contributed by atoms with Crippen LogP contribution in [0, 0.1) is 17.8 Å². The van der Waals surface area contributed by atoms with Crippen LogP contribution >= 0.6 is 11.8 Å². The quantitative estimate of drug-likeness (QED) is 0.451. The topological polar surface area (TPSA) is 60.2 Å². The molecule has 0 spiro atoms. The van der Waals surface area contributed by atoms with Gasteiger partial charge in [-0.25, -0.2) is 0 Å². The number of hydrogen-bond donors (Lipinski definition) is 1. The number of carbonyl (C=O) groups excluding carboxylic acids is 2. The highest BCUT2D eigenvalue weighted by molar-refractivity contribution is 7.99. The Bertz CT molecular complexity index is 403. The first-order valence-corrected chi connectivity index (χ1v) is 7.44. The first-order valence-electron chi connectivity index (χ1n) is 6.45. The van der Waals surface area contributed by atoms with Crippen LogP contribution in [0.4, 0.5) is 5.69 Å². The fraction of sp³-hybridized carbons (Fsp3) is 0.467. The van der Waals surface area contributed by atoms with E-state index >= 15 is 0 Å². The van der Waals surface area contributed by atoms with Gasteiger partial charge in [0.1, 0.15) is 12.6 Å². The summed E-state index contributed by atoms with van der Waals surface area (Å²) in [6, 6.07) is 7.54. The smallest absolute Gasteiger partial charge is 0.124 e. The van der Waals surface area contributed by atoms with Crippen molar-refractivity contribution in [1.82, 2.24) is 0 Å². The number of anilines is 1. The summed E-state index contributed by atoms with van der Waals surface area (Å²) in [5.41, 5.74) is 6.35. The summed E-state index contributed by atoms with van der Waals surface area (Å²) >= 11 is 1.59. The minimum atomic E-state index is -0.220. The highest BCUT2D eigenvalue weighted by atomic mass is 32.2. The SMILES string of the molecule is CC(C)C[C@@H](C=O)[C@@H](C=O)CSc1ccc(N)cc1. The number of hydrogen-bond acceptors (Lipinski definition) is 4. The van der Waals surface area contributed by atoms with Crippen LogP contribution < -0.4 is 5.73 Å². The predicted molar refractivity (Wildman–Crippen MR) is 80.1 cm³/mol. The van der Waals surface area contributed by atoms with Crippen LogP contribution in [0.25, 0.3) is 0 Å². The maximum absolute atomic E-state index is 11.2. The van der Waals surface area contributed by atoms with Crippen LogP contribution in [0.3, 0.4) is 0 Å². The highest BCUT2D eigenvalue weighted by Crippen LogP contribution is 2.26. The Labute approximate surface area is 119 Å². The fourth-order valence-electron chi connectivity index (χ4n) is 1.90. The number of nitrogens with two attached hydrogens (primary N) is 1. The normalized spacial score (nSPS) is 14.1. The molecule has 0 radical (unpaired) electrons. The van der Waals surface area contributed by atoms with Gasteiger partial charge in [0.25, 0.3) is 0 Å². The van der Waals surface area contributed by atoms with Gasteiger partial charge in [0.2, 0.25) is 0 Å². The molecule has 19 heavy (non-hydrogen) atoms. The molecule has 0 amide bonds. The zero-order valence-electron chi connectivity index (χ0n) is 11.4. The minimum Gasteiger partial charge on any atom is -0.399 e. The summed E-state index contributed by atoms with van der Waals surface area (Å²) in [5.74, 6) is 0.643. The summed E-state index contributed by atoms with van der Waals surface area (Å²) in [7, 11) is 0. The summed E-state index contributed by atoms with van der Waals surface area (Å²) in [5, 5.41) is 0. The largest absolute Gasteiger partial charge is 0.399 e. The van der Waals surface area contributed by atoms with Gasteiger partial charge in [-0.1, -0.05) is 13.8 Å². The molecule has 4 heteroatoms. The number of benzene rings is 1. The van der Waals surface area contributed by atoms with Gasteiger partial charge in [-0.15, -0.1) is 11.8 Å². The first kappa shape index (κ1) is 15.8. The number of aldehydes is 2. The van der Waals surface area contributed by atoms with Crippen molar-refractivity contribution in [3.8, 4) is 0 Å². The Kier molecular flexibility index (Phi) is 6.64. The van der Waals surface area contributed by atoms with Gasteiger partial charge >= 0.3 is 0 Å². The average molecular weight is 279 g/mol. The van der Waals surface area contributed by atoms with Gasteiger partial charge in [-0.2, -0.15) is 0 Å². The van der Waals surface area contributed by atoms with E-state index in [4.69, 9.17) is 5.73 Å². The Morgan fingerprint density at radius 3 is 2.16 bits per heavy atom. The first-order chi connectivity index (χ1) is 9.06. The Morgan fingerprint density at radius 2 is 1.68 bits per heavy atom.